The smallest absolute Gasteiger partial charge is 0.276 e. The predicted octanol–water partition coefficient (Wildman–Crippen LogP) is 4.44. The maximum Gasteiger partial charge on any atom is 0.276 e. The number of thiophene rings is 1. The number of amides is 1. The van der Waals surface area contributed by atoms with Gasteiger partial charge >= 0.3 is 0 Å². The lowest BCUT2D eigenvalue weighted by molar-refractivity contribution is -0.124. The van der Waals surface area contributed by atoms with E-state index in [0.29, 0.717) is 18.4 Å². The molecule has 176 valence electrons. The van der Waals surface area contributed by atoms with Crippen LogP contribution in [-0.2, 0) is 17.8 Å². The van der Waals surface area contributed by atoms with Gasteiger partial charge in [-0.15, -0.1) is 11.3 Å². The molecule has 0 saturated carbocycles. The normalized spacial score (nSPS) is 14.9. The van der Waals surface area contributed by atoms with E-state index in [0.717, 1.165) is 53.0 Å². The Kier molecular flexibility index (Phi) is 6.48. The maximum atomic E-state index is 13.4. The first kappa shape index (κ1) is 22.7. The van der Waals surface area contributed by atoms with E-state index in [-0.39, 0.29) is 11.5 Å². The van der Waals surface area contributed by atoms with Crippen LogP contribution in [0.3, 0.4) is 0 Å². The zero-order valence-electron chi connectivity index (χ0n) is 19.7. The molecule has 34 heavy (non-hydrogen) atoms. The number of carbonyl (C=O) groups is 1. The predicted molar refractivity (Wildman–Crippen MR) is 139 cm³/mol. The van der Waals surface area contributed by atoms with Gasteiger partial charge in [-0.2, -0.15) is 5.10 Å². The molecule has 3 heterocycles. The first-order valence-corrected chi connectivity index (χ1v) is 12.9. The van der Waals surface area contributed by atoms with Crippen molar-refractivity contribution in [1.29, 1.82) is 0 Å². The number of nitrogens with one attached hydrogen (secondary N) is 1. The van der Waals surface area contributed by atoms with E-state index in [4.69, 9.17) is 0 Å². The van der Waals surface area contributed by atoms with Crippen LogP contribution < -0.4 is 10.9 Å². The molecule has 2 aromatic carbocycles. The van der Waals surface area contributed by atoms with Gasteiger partial charge in [0.2, 0.25) is 5.91 Å². The largest absolute Gasteiger partial charge is 0.354 e. The van der Waals surface area contributed by atoms with Crippen LogP contribution in [0.4, 0.5) is 0 Å². The highest BCUT2D eigenvalue weighted by atomic mass is 32.1. The van der Waals surface area contributed by atoms with Crippen molar-refractivity contribution in [3.8, 4) is 0 Å². The summed E-state index contributed by atoms with van der Waals surface area (Å²) < 4.78 is 3.36. The topological polar surface area (TPSA) is 67.2 Å². The second-order valence-corrected chi connectivity index (χ2v) is 10.1. The number of aromatic nitrogens is 2. The van der Waals surface area contributed by atoms with Gasteiger partial charge < -0.3 is 5.32 Å². The number of hydrogen-bond acceptors (Lipinski definition) is 5. The molecule has 1 aliphatic heterocycles. The number of benzene rings is 2. The Morgan fingerprint density at radius 1 is 1.15 bits per heavy atom. The molecule has 0 saturated heterocycles. The molecule has 1 atom stereocenters. The summed E-state index contributed by atoms with van der Waals surface area (Å²) >= 11 is 1.58. The van der Waals surface area contributed by atoms with Crippen molar-refractivity contribution in [2.24, 2.45) is 0 Å². The molecule has 0 spiro atoms. The quantitative estimate of drug-likeness (QED) is 0.402. The highest BCUT2D eigenvalue weighted by Gasteiger charge is 2.24. The lowest BCUT2D eigenvalue weighted by atomic mass is 10.00. The second kappa shape index (κ2) is 9.68. The molecule has 1 unspecified atom stereocenters. The molecule has 7 heteroatoms. The molecule has 0 radical (unpaired) electrons. The molecule has 2 aromatic heterocycles. The highest BCUT2D eigenvalue weighted by molar-refractivity contribution is 7.26. The summed E-state index contributed by atoms with van der Waals surface area (Å²) in [4.78, 5) is 28.9. The molecule has 6 nitrogen and oxygen atoms in total. The number of hydrogen-bond donors (Lipinski definition) is 1. The van der Waals surface area contributed by atoms with Gasteiger partial charge in [0.1, 0.15) is 6.04 Å². The molecule has 1 aliphatic rings. The lowest BCUT2D eigenvalue weighted by Gasteiger charge is -2.28. The minimum Gasteiger partial charge on any atom is -0.354 e. The Balaban J connectivity index is 1.26. The van der Waals surface area contributed by atoms with Crippen molar-refractivity contribution in [1.82, 2.24) is 20.0 Å². The lowest BCUT2D eigenvalue weighted by Crippen LogP contribution is -2.40. The van der Waals surface area contributed by atoms with Crippen molar-refractivity contribution < 1.29 is 4.79 Å². The fourth-order valence-corrected chi connectivity index (χ4v) is 6.07. The van der Waals surface area contributed by atoms with Crippen LogP contribution >= 0.6 is 11.3 Å². The molecule has 0 aliphatic carbocycles. The maximum absolute atomic E-state index is 13.4. The van der Waals surface area contributed by atoms with Crippen molar-refractivity contribution in [3.63, 3.8) is 0 Å². The number of carbonyl (C=O) groups excluding carboxylic acids is 1. The minimum atomic E-state index is -0.615. The highest BCUT2D eigenvalue weighted by Crippen LogP contribution is 2.33. The Labute approximate surface area is 203 Å². The third-order valence-corrected chi connectivity index (χ3v) is 8.03. The summed E-state index contributed by atoms with van der Waals surface area (Å²) in [7, 11) is 0. The molecular formula is C27H30N4O2S. The van der Waals surface area contributed by atoms with Crippen molar-refractivity contribution in [2.45, 2.75) is 45.7 Å². The zero-order chi connectivity index (χ0) is 23.7. The third-order valence-electron chi connectivity index (χ3n) is 6.75. The van der Waals surface area contributed by atoms with Crippen LogP contribution in [0.1, 0.15) is 42.6 Å². The summed E-state index contributed by atoms with van der Waals surface area (Å²) in [5.41, 5.74) is 3.45. The van der Waals surface area contributed by atoms with Crippen LogP contribution in [0.5, 0.6) is 0 Å². The zero-order valence-corrected chi connectivity index (χ0v) is 20.5. The Morgan fingerprint density at radius 2 is 1.91 bits per heavy atom. The number of aryl methyl sites for hydroxylation is 1. The molecular weight excluding hydrogens is 444 g/mol. The Hall–Kier alpha value is -3.03. The summed E-state index contributed by atoms with van der Waals surface area (Å²) in [5, 5.41) is 9.22. The standard InChI is InChI=1S/C27H30N4O2S/c1-3-22(26(32)28-14-8-15-30-16-13-19-9-4-5-10-20(19)17-30)31-27(33)24-21-11-6-7-12-23(21)34-25(24)18(2)29-31/h4-7,9-12,22H,3,8,13-17H2,1-2H3,(H,28,32). The molecule has 4 aromatic rings. The SMILES string of the molecule is CCC(C(=O)NCCCN1CCc2ccccc2C1)n1nc(C)c2sc3ccccc3c2c1=O. The Morgan fingerprint density at radius 3 is 2.74 bits per heavy atom. The van der Waals surface area contributed by atoms with Gasteiger partial charge in [0.15, 0.2) is 0 Å². The van der Waals surface area contributed by atoms with Crippen LogP contribution in [0.2, 0.25) is 0 Å². The van der Waals surface area contributed by atoms with Crippen LogP contribution in [0.25, 0.3) is 20.2 Å². The van der Waals surface area contributed by atoms with Crippen molar-refractivity contribution in [3.05, 3.63) is 75.7 Å². The monoisotopic (exact) mass is 474 g/mol. The van der Waals surface area contributed by atoms with E-state index in [1.54, 1.807) is 11.3 Å². The first-order valence-electron chi connectivity index (χ1n) is 12.0. The summed E-state index contributed by atoms with van der Waals surface area (Å²) in [6, 6.07) is 15.9. The van der Waals surface area contributed by atoms with Crippen LogP contribution in [-0.4, -0.2) is 40.2 Å². The summed E-state index contributed by atoms with van der Waals surface area (Å²) in [5.74, 6) is -0.139. The van der Waals surface area contributed by atoms with E-state index < -0.39 is 6.04 Å². The van der Waals surface area contributed by atoms with Crippen LogP contribution in [0, 0.1) is 6.92 Å². The van der Waals surface area contributed by atoms with Crippen molar-refractivity contribution >= 4 is 37.4 Å². The fourth-order valence-electron chi connectivity index (χ4n) is 4.94. The summed E-state index contributed by atoms with van der Waals surface area (Å²) in [6.45, 7) is 7.38. The van der Waals surface area contributed by atoms with E-state index in [9.17, 15) is 9.59 Å². The Bertz CT molecular complexity index is 1410. The van der Waals surface area contributed by atoms with Gasteiger partial charge in [-0.3, -0.25) is 14.5 Å². The van der Waals surface area contributed by atoms with Gasteiger partial charge in [0.25, 0.3) is 5.56 Å². The average Bonchev–Trinajstić information content (AvgIpc) is 3.26. The van der Waals surface area contributed by atoms with E-state index in [1.807, 2.05) is 38.1 Å². The van der Waals surface area contributed by atoms with Crippen LogP contribution in [0.15, 0.2) is 53.3 Å². The van der Waals surface area contributed by atoms with Gasteiger partial charge in [-0.1, -0.05) is 49.4 Å². The number of rotatable bonds is 7. The van der Waals surface area contributed by atoms with Gasteiger partial charge in [0, 0.05) is 36.3 Å². The van der Waals surface area contributed by atoms with Gasteiger partial charge in [-0.25, -0.2) is 4.68 Å². The number of nitrogens with zero attached hydrogens (tertiary/aromatic N) is 3. The summed E-state index contributed by atoms with van der Waals surface area (Å²) in [6.07, 6.45) is 2.46. The molecule has 0 fully saturated rings. The molecule has 1 amide bonds. The van der Waals surface area contributed by atoms with Gasteiger partial charge in [-0.05, 0) is 43.4 Å². The average molecular weight is 475 g/mol. The van der Waals surface area contributed by atoms with Crippen molar-refractivity contribution in [2.75, 3.05) is 19.6 Å². The van der Waals surface area contributed by atoms with E-state index >= 15 is 0 Å². The first-order chi connectivity index (χ1) is 16.6. The molecule has 0 bridgehead atoms. The minimum absolute atomic E-state index is 0.139. The van der Waals surface area contributed by atoms with E-state index in [1.165, 1.54) is 15.8 Å². The number of fused-ring (bicyclic) bond motifs is 4. The third kappa shape index (κ3) is 4.26. The molecule has 5 rings (SSSR count). The van der Waals surface area contributed by atoms with Gasteiger partial charge in [0.05, 0.1) is 15.8 Å². The second-order valence-electron chi connectivity index (χ2n) is 9.00. The van der Waals surface area contributed by atoms with E-state index in [2.05, 4.69) is 39.6 Å². The molecule has 1 N–H and O–H groups in total. The fraction of sp³-hybridized carbons (Fsp3) is 0.370.